The monoisotopic (exact) mass is 295 g/mol. The van der Waals surface area contributed by atoms with Gasteiger partial charge in [0.05, 0.1) is 11.8 Å². The molecule has 1 saturated heterocycles. The molecule has 1 aliphatic heterocycles. The standard InChI is InChI=1S/C15H22FN3O2/c16-13-6-5-11(9-14(13)17)18-15(21)4-2-8-19-7-1-3-12(20)10-19/h5-6,9,12,20H,1-4,7-8,10,17H2,(H,18,21). The van der Waals surface area contributed by atoms with Crippen LogP contribution >= 0.6 is 0 Å². The summed E-state index contributed by atoms with van der Waals surface area (Å²) in [6.07, 6.45) is 2.75. The van der Waals surface area contributed by atoms with Crippen molar-refractivity contribution in [2.75, 3.05) is 30.7 Å². The molecule has 1 fully saturated rings. The molecule has 0 saturated carbocycles. The van der Waals surface area contributed by atoms with E-state index in [0.29, 0.717) is 18.7 Å². The molecule has 0 bridgehead atoms. The van der Waals surface area contributed by atoms with E-state index < -0.39 is 5.82 Å². The summed E-state index contributed by atoms with van der Waals surface area (Å²) in [4.78, 5) is 14.0. The fourth-order valence-electron chi connectivity index (χ4n) is 2.54. The molecule has 1 amide bonds. The third kappa shape index (κ3) is 4.99. The van der Waals surface area contributed by atoms with E-state index in [-0.39, 0.29) is 17.7 Å². The van der Waals surface area contributed by atoms with Crippen LogP contribution in [-0.4, -0.2) is 41.7 Å². The molecule has 0 spiro atoms. The van der Waals surface area contributed by atoms with E-state index in [2.05, 4.69) is 10.2 Å². The highest BCUT2D eigenvalue weighted by Crippen LogP contribution is 2.16. The zero-order valence-electron chi connectivity index (χ0n) is 12.0. The first kappa shape index (κ1) is 15.7. The number of rotatable bonds is 5. The maximum atomic E-state index is 13.0. The molecule has 0 aromatic heterocycles. The van der Waals surface area contributed by atoms with Crippen LogP contribution in [0.1, 0.15) is 25.7 Å². The van der Waals surface area contributed by atoms with E-state index in [1.165, 1.54) is 18.2 Å². The van der Waals surface area contributed by atoms with Crippen molar-refractivity contribution in [3.8, 4) is 0 Å². The molecule has 1 aromatic carbocycles. The Hall–Kier alpha value is -1.66. The number of β-amino-alcohol motifs (C(OH)–C–C–N with tert-alkyl or cyclic N) is 1. The number of aliphatic hydroxyl groups excluding tert-OH is 1. The average Bonchev–Trinajstić information content (AvgIpc) is 2.43. The number of piperidine rings is 1. The van der Waals surface area contributed by atoms with Crippen LogP contribution < -0.4 is 11.1 Å². The summed E-state index contributed by atoms with van der Waals surface area (Å²) in [5, 5.41) is 12.3. The Kier molecular flexibility index (Phi) is 5.52. The van der Waals surface area contributed by atoms with Gasteiger partial charge in [-0.25, -0.2) is 4.39 Å². The van der Waals surface area contributed by atoms with Gasteiger partial charge in [-0.2, -0.15) is 0 Å². The number of benzene rings is 1. The van der Waals surface area contributed by atoms with Crippen LogP contribution in [0.25, 0.3) is 0 Å². The molecule has 2 rings (SSSR count). The second-order valence-electron chi connectivity index (χ2n) is 5.48. The summed E-state index contributed by atoms with van der Waals surface area (Å²) in [6, 6.07) is 4.14. The molecule has 1 atom stereocenters. The molecule has 1 aromatic rings. The van der Waals surface area contributed by atoms with Gasteiger partial charge in [-0.05, 0) is 50.6 Å². The van der Waals surface area contributed by atoms with Crippen molar-refractivity contribution in [3.63, 3.8) is 0 Å². The topological polar surface area (TPSA) is 78.6 Å². The molecule has 4 N–H and O–H groups in total. The van der Waals surface area contributed by atoms with E-state index in [1.54, 1.807) is 0 Å². The first-order valence-corrected chi connectivity index (χ1v) is 7.30. The first-order valence-electron chi connectivity index (χ1n) is 7.30. The Balaban J connectivity index is 1.70. The highest BCUT2D eigenvalue weighted by atomic mass is 19.1. The number of carbonyl (C=O) groups excluding carboxylic acids is 1. The molecule has 1 aliphatic rings. The number of nitrogens with two attached hydrogens (primary N) is 1. The highest BCUT2D eigenvalue weighted by molar-refractivity contribution is 5.91. The zero-order valence-corrected chi connectivity index (χ0v) is 12.0. The minimum Gasteiger partial charge on any atom is -0.396 e. The number of likely N-dealkylation sites (tertiary alicyclic amines) is 1. The van der Waals surface area contributed by atoms with Gasteiger partial charge in [0, 0.05) is 18.7 Å². The van der Waals surface area contributed by atoms with Crippen LogP contribution in [0.5, 0.6) is 0 Å². The van der Waals surface area contributed by atoms with Crippen molar-refractivity contribution in [3.05, 3.63) is 24.0 Å². The number of amides is 1. The molecule has 1 heterocycles. The quantitative estimate of drug-likeness (QED) is 0.721. The number of halogens is 1. The lowest BCUT2D eigenvalue weighted by molar-refractivity contribution is -0.116. The van der Waals surface area contributed by atoms with Crippen molar-refractivity contribution in [2.24, 2.45) is 0 Å². The molecule has 0 aliphatic carbocycles. The Morgan fingerprint density at radius 3 is 3.05 bits per heavy atom. The van der Waals surface area contributed by atoms with Gasteiger partial charge >= 0.3 is 0 Å². The normalized spacial score (nSPS) is 19.4. The van der Waals surface area contributed by atoms with Gasteiger partial charge in [-0.15, -0.1) is 0 Å². The van der Waals surface area contributed by atoms with Gasteiger partial charge in [0.15, 0.2) is 0 Å². The van der Waals surface area contributed by atoms with Crippen LogP contribution in [0.4, 0.5) is 15.8 Å². The molecule has 21 heavy (non-hydrogen) atoms. The summed E-state index contributed by atoms with van der Waals surface area (Å²) < 4.78 is 13.0. The van der Waals surface area contributed by atoms with Gasteiger partial charge in [0.1, 0.15) is 5.82 Å². The lowest BCUT2D eigenvalue weighted by Gasteiger charge is -2.29. The first-order chi connectivity index (χ1) is 10.0. The summed E-state index contributed by atoms with van der Waals surface area (Å²) in [5.41, 5.74) is 5.98. The van der Waals surface area contributed by atoms with Crippen LogP contribution in [0.3, 0.4) is 0 Å². The van der Waals surface area contributed by atoms with Gasteiger partial charge in [-0.3, -0.25) is 4.79 Å². The number of nitrogen functional groups attached to an aromatic ring is 1. The molecular weight excluding hydrogens is 273 g/mol. The molecule has 6 heteroatoms. The van der Waals surface area contributed by atoms with E-state index in [9.17, 15) is 14.3 Å². The van der Waals surface area contributed by atoms with E-state index >= 15 is 0 Å². The summed E-state index contributed by atoms with van der Waals surface area (Å²) in [6.45, 7) is 2.47. The van der Waals surface area contributed by atoms with Crippen molar-refractivity contribution < 1.29 is 14.3 Å². The third-order valence-electron chi connectivity index (χ3n) is 3.64. The minimum atomic E-state index is -0.489. The summed E-state index contributed by atoms with van der Waals surface area (Å²) in [5.74, 6) is -0.602. The van der Waals surface area contributed by atoms with Crippen LogP contribution in [0, 0.1) is 5.82 Å². The number of nitrogens with one attached hydrogen (secondary N) is 1. The minimum absolute atomic E-state index is 0.0232. The number of aliphatic hydroxyl groups is 1. The predicted octanol–water partition coefficient (Wildman–Crippen LogP) is 1.58. The Morgan fingerprint density at radius 2 is 2.33 bits per heavy atom. The smallest absolute Gasteiger partial charge is 0.224 e. The lowest BCUT2D eigenvalue weighted by atomic mass is 10.1. The van der Waals surface area contributed by atoms with Crippen LogP contribution in [-0.2, 0) is 4.79 Å². The van der Waals surface area contributed by atoms with Gasteiger partial charge in [0.25, 0.3) is 0 Å². The predicted molar refractivity (Wildman–Crippen MR) is 80.4 cm³/mol. The summed E-state index contributed by atoms with van der Waals surface area (Å²) >= 11 is 0. The molecular formula is C15H22FN3O2. The van der Waals surface area contributed by atoms with Crippen molar-refractivity contribution in [1.82, 2.24) is 4.90 Å². The van der Waals surface area contributed by atoms with E-state index in [4.69, 9.17) is 5.73 Å². The number of hydrogen-bond acceptors (Lipinski definition) is 4. The maximum Gasteiger partial charge on any atom is 0.224 e. The van der Waals surface area contributed by atoms with Gasteiger partial charge in [-0.1, -0.05) is 0 Å². The van der Waals surface area contributed by atoms with Crippen LogP contribution in [0.2, 0.25) is 0 Å². The number of nitrogens with zero attached hydrogens (tertiary/aromatic N) is 1. The van der Waals surface area contributed by atoms with Gasteiger partial charge in [0.2, 0.25) is 5.91 Å². The third-order valence-corrected chi connectivity index (χ3v) is 3.64. The highest BCUT2D eigenvalue weighted by Gasteiger charge is 2.17. The average molecular weight is 295 g/mol. The fraction of sp³-hybridized carbons (Fsp3) is 0.533. The van der Waals surface area contributed by atoms with Crippen molar-refractivity contribution in [1.29, 1.82) is 0 Å². The van der Waals surface area contributed by atoms with E-state index in [0.717, 1.165) is 32.4 Å². The second kappa shape index (κ2) is 7.38. The molecule has 116 valence electrons. The molecule has 5 nitrogen and oxygen atoms in total. The summed E-state index contributed by atoms with van der Waals surface area (Å²) in [7, 11) is 0. The number of anilines is 2. The number of hydrogen-bond donors (Lipinski definition) is 3. The largest absolute Gasteiger partial charge is 0.396 e. The molecule has 1 unspecified atom stereocenters. The zero-order chi connectivity index (χ0) is 15.2. The Bertz CT molecular complexity index is 496. The number of carbonyl (C=O) groups is 1. The SMILES string of the molecule is Nc1cc(NC(=O)CCCN2CCCC(O)C2)ccc1F. The van der Waals surface area contributed by atoms with Crippen molar-refractivity contribution in [2.45, 2.75) is 31.8 Å². The van der Waals surface area contributed by atoms with E-state index in [1.807, 2.05) is 0 Å². The molecule has 0 radical (unpaired) electrons. The Labute approximate surface area is 123 Å². The van der Waals surface area contributed by atoms with Crippen molar-refractivity contribution >= 4 is 17.3 Å². The Morgan fingerprint density at radius 1 is 1.52 bits per heavy atom. The maximum absolute atomic E-state index is 13.0. The fourth-order valence-corrected chi connectivity index (χ4v) is 2.54. The lowest BCUT2D eigenvalue weighted by Crippen LogP contribution is -2.38. The van der Waals surface area contributed by atoms with Crippen LogP contribution in [0.15, 0.2) is 18.2 Å². The second-order valence-corrected chi connectivity index (χ2v) is 5.48. The van der Waals surface area contributed by atoms with Gasteiger partial charge < -0.3 is 21.1 Å².